The molecule has 2 N–H and O–H groups in total. The van der Waals surface area contributed by atoms with Crippen LogP contribution >= 0.6 is 11.8 Å². The molecule has 116 valence electrons. The largest absolute Gasteiger partial charge is 0.453 e. The molecule has 0 unspecified atom stereocenters. The second kappa shape index (κ2) is 4.83. The normalized spacial score (nSPS) is 12.2. The van der Waals surface area contributed by atoms with Crippen LogP contribution < -0.4 is 5.84 Å². The summed E-state index contributed by atoms with van der Waals surface area (Å²) in [4.78, 5) is 8.19. The van der Waals surface area contributed by atoms with Gasteiger partial charge in [-0.3, -0.25) is 0 Å². The number of aryl methyl sites for hydroxylation is 1. The standard InChI is InChI=1S/C10H9F3N8S/c1-4-5(2)17-8-15-3-16-21(8)6(4)22-9-19-18-7(20(9)14)10(11,12)13/h3H,14H2,1-2H3. The Labute approximate surface area is 125 Å². The topological polar surface area (TPSA) is 99.8 Å². The monoisotopic (exact) mass is 330 g/mol. The van der Waals surface area contributed by atoms with Crippen molar-refractivity contribution >= 4 is 17.5 Å². The highest BCUT2D eigenvalue weighted by atomic mass is 32.2. The maximum absolute atomic E-state index is 12.7. The first-order valence-corrected chi connectivity index (χ1v) is 6.73. The summed E-state index contributed by atoms with van der Waals surface area (Å²) in [5.41, 5.74) is 1.42. The summed E-state index contributed by atoms with van der Waals surface area (Å²) in [6, 6.07) is 0. The number of nitrogen functional groups attached to an aromatic ring is 1. The van der Waals surface area contributed by atoms with Gasteiger partial charge in [0.2, 0.25) is 5.16 Å². The summed E-state index contributed by atoms with van der Waals surface area (Å²) in [6.45, 7) is 3.54. The molecule has 3 aromatic rings. The highest BCUT2D eigenvalue weighted by Gasteiger charge is 2.38. The summed E-state index contributed by atoms with van der Waals surface area (Å²) >= 11 is 0.911. The van der Waals surface area contributed by atoms with E-state index in [4.69, 9.17) is 5.84 Å². The third-order valence-corrected chi connectivity index (χ3v) is 4.09. The number of nitrogens with zero attached hydrogens (tertiary/aromatic N) is 7. The first-order valence-electron chi connectivity index (χ1n) is 5.91. The molecule has 0 aromatic carbocycles. The average Bonchev–Trinajstić information content (AvgIpc) is 3.01. The van der Waals surface area contributed by atoms with Gasteiger partial charge in [0.05, 0.1) is 0 Å². The summed E-state index contributed by atoms with van der Waals surface area (Å²) in [6.07, 6.45) is -3.37. The molecule has 0 aliphatic rings. The van der Waals surface area contributed by atoms with Crippen LogP contribution in [0.25, 0.3) is 5.78 Å². The molecule has 22 heavy (non-hydrogen) atoms. The fourth-order valence-corrected chi connectivity index (χ4v) is 2.70. The zero-order valence-corrected chi connectivity index (χ0v) is 12.1. The Morgan fingerprint density at radius 2 is 1.95 bits per heavy atom. The van der Waals surface area contributed by atoms with Crippen LogP contribution in [0.1, 0.15) is 17.1 Å². The van der Waals surface area contributed by atoms with Gasteiger partial charge in [0.25, 0.3) is 11.6 Å². The quantitative estimate of drug-likeness (QED) is 0.557. The number of hydrogen-bond acceptors (Lipinski definition) is 7. The van der Waals surface area contributed by atoms with Crippen molar-refractivity contribution in [1.29, 1.82) is 0 Å². The fraction of sp³-hybridized carbons (Fsp3) is 0.300. The van der Waals surface area contributed by atoms with Gasteiger partial charge in [-0.1, -0.05) is 0 Å². The van der Waals surface area contributed by atoms with Gasteiger partial charge < -0.3 is 5.84 Å². The highest BCUT2D eigenvalue weighted by molar-refractivity contribution is 7.99. The lowest BCUT2D eigenvalue weighted by molar-refractivity contribution is -0.146. The molecule has 0 atom stereocenters. The average molecular weight is 330 g/mol. The van der Waals surface area contributed by atoms with Crippen molar-refractivity contribution in [2.45, 2.75) is 30.2 Å². The zero-order chi connectivity index (χ0) is 16.1. The van der Waals surface area contributed by atoms with Crippen molar-refractivity contribution in [2.24, 2.45) is 0 Å². The Balaban J connectivity index is 2.10. The van der Waals surface area contributed by atoms with Crippen LogP contribution in [0.3, 0.4) is 0 Å². The molecule has 3 aromatic heterocycles. The van der Waals surface area contributed by atoms with Crippen molar-refractivity contribution in [1.82, 2.24) is 34.5 Å². The molecule has 0 bridgehead atoms. The van der Waals surface area contributed by atoms with Gasteiger partial charge in [-0.05, 0) is 25.6 Å². The van der Waals surface area contributed by atoms with Gasteiger partial charge in [0, 0.05) is 11.3 Å². The van der Waals surface area contributed by atoms with Gasteiger partial charge >= 0.3 is 6.18 Å². The van der Waals surface area contributed by atoms with Crippen molar-refractivity contribution in [3.8, 4) is 0 Å². The van der Waals surface area contributed by atoms with E-state index in [0.717, 1.165) is 17.3 Å². The molecular formula is C10H9F3N8S. The third kappa shape index (κ3) is 2.24. The number of alkyl halides is 3. The van der Waals surface area contributed by atoms with Crippen LogP contribution in [0.5, 0.6) is 0 Å². The molecule has 0 aliphatic heterocycles. The van der Waals surface area contributed by atoms with Crippen LogP contribution in [-0.2, 0) is 6.18 Å². The SMILES string of the molecule is Cc1nc2ncnn2c(Sc2nnc(C(F)(F)F)n2N)c1C. The lowest BCUT2D eigenvalue weighted by atomic mass is 10.3. The maximum atomic E-state index is 12.7. The van der Waals surface area contributed by atoms with Crippen LogP contribution in [0, 0.1) is 13.8 Å². The van der Waals surface area contributed by atoms with Crippen LogP contribution in [0.4, 0.5) is 13.2 Å². The summed E-state index contributed by atoms with van der Waals surface area (Å²) in [5, 5.41) is 11.0. The lowest BCUT2D eigenvalue weighted by Crippen LogP contribution is -2.21. The second-order valence-electron chi connectivity index (χ2n) is 4.38. The Hall–Kier alpha value is -2.37. The van der Waals surface area contributed by atoms with Crippen LogP contribution in [0.2, 0.25) is 0 Å². The zero-order valence-electron chi connectivity index (χ0n) is 11.3. The van der Waals surface area contributed by atoms with Crippen molar-refractivity contribution in [2.75, 3.05) is 5.84 Å². The minimum atomic E-state index is -4.67. The van der Waals surface area contributed by atoms with E-state index in [0.29, 0.717) is 21.2 Å². The van der Waals surface area contributed by atoms with Gasteiger partial charge in [0.1, 0.15) is 11.4 Å². The van der Waals surface area contributed by atoms with Crippen molar-refractivity contribution in [3.05, 3.63) is 23.4 Å². The Morgan fingerprint density at radius 3 is 2.59 bits per heavy atom. The number of hydrogen-bond donors (Lipinski definition) is 1. The number of rotatable bonds is 2. The molecule has 3 rings (SSSR count). The smallest absolute Gasteiger partial charge is 0.335 e. The van der Waals surface area contributed by atoms with E-state index in [-0.39, 0.29) is 5.16 Å². The van der Waals surface area contributed by atoms with E-state index in [1.165, 1.54) is 10.8 Å². The fourth-order valence-electron chi connectivity index (χ4n) is 1.75. The van der Waals surface area contributed by atoms with Crippen molar-refractivity contribution in [3.63, 3.8) is 0 Å². The Morgan fingerprint density at radius 1 is 1.23 bits per heavy atom. The van der Waals surface area contributed by atoms with Gasteiger partial charge in [-0.25, -0.2) is 9.66 Å². The molecule has 8 nitrogen and oxygen atoms in total. The summed E-state index contributed by atoms with van der Waals surface area (Å²) in [5.74, 6) is 4.50. The minimum absolute atomic E-state index is 0.113. The molecule has 0 radical (unpaired) electrons. The van der Waals surface area contributed by atoms with Gasteiger partial charge in [-0.2, -0.15) is 27.8 Å². The van der Waals surface area contributed by atoms with Gasteiger partial charge in [0.15, 0.2) is 0 Å². The second-order valence-corrected chi connectivity index (χ2v) is 5.33. The minimum Gasteiger partial charge on any atom is -0.335 e. The number of fused-ring (bicyclic) bond motifs is 1. The predicted octanol–water partition coefficient (Wildman–Crippen LogP) is 1.22. The van der Waals surface area contributed by atoms with E-state index in [1.54, 1.807) is 13.8 Å². The van der Waals surface area contributed by atoms with E-state index >= 15 is 0 Å². The van der Waals surface area contributed by atoms with E-state index in [1.807, 2.05) is 0 Å². The van der Waals surface area contributed by atoms with E-state index in [9.17, 15) is 13.2 Å². The van der Waals surface area contributed by atoms with Crippen LogP contribution in [-0.4, -0.2) is 34.5 Å². The Bertz CT molecular complexity index is 852. The maximum Gasteiger partial charge on any atom is 0.453 e. The predicted molar refractivity (Wildman–Crippen MR) is 69.6 cm³/mol. The number of aromatic nitrogens is 7. The molecule has 0 saturated carbocycles. The molecule has 0 aliphatic carbocycles. The summed E-state index contributed by atoms with van der Waals surface area (Å²) in [7, 11) is 0. The third-order valence-electron chi connectivity index (χ3n) is 2.96. The van der Waals surface area contributed by atoms with E-state index in [2.05, 4.69) is 25.3 Å². The number of halogens is 3. The molecule has 0 spiro atoms. The highest BCUT2D eigenvalue weighted by Crippen LogP contribution is 2.33. The summed E-state index contributed by atoms with van der Waals surface area (Å²) < 4.78 is 39.9. The first-order chi connectivity index (χ1) is 10.3. The van der Waals surface area contributed by atoms with Gasteiger partial charge in [-0.15, -0.1) is 10.2 Å². The number of nitrogens with two attached hydrogens (primary N) is 1. The molecule has 12 heteroatoms. The first kappa shape index (κ1) is 14.6. The van der Waals surface area contributed by atoms with E-state index < -0.39 is 12.0 Å². The Kier molecular flexibility index (Phi) is 3.20. The molecule has 0 saturated heterocycles. The molecule has 3 heterocycles. The lowest BCUT2D eigenvalue weighted by Gasteiger charge is -2.09. The molecule has 0 fully saturated rings. The van der Waals surface area contributed by atoms with Crippen LogP contribution in [0.15, 0.2) is 16.5 Å². The van der Waals surface area contributed by atoms with Crippen molar-refractivity contribution < 1.29 is 13.2 Å². The molecule has 0 amide bonds. The molecular weight excluding hydrogens is 321 g/mol.